The number of hydrogen-bond acceptors (Lipinski definition) is 1. The van der Waals surface area contributed by atoms with Crippen molar-refractivity contribution in [3.63, 3.8) is 0 Å². The first-order chi connectivity index (χ1) is 14.8. The lowest BCUT2D eigenvalue weighted by atomic mass is 9.98. The van der Waals surface area contributed by atoms with Gasteiger partial charge in [0.25, 0.3) is 0 Å². The Bertz CT molecular complexity index is 1070. The van der Waals surface area contributed by atoms with E-state index in [-0.39, 0.29) is 0 Å². The van der Waals surface area contributed by atoms with Crippen LogP contribution in [0.3, 0.4) is 0 Å². The average molecular weight is 392 g/mol. The van der Waals surface area contributed by atoms with E-state index in [1.54, 1.807) is 0 Å². The van der Waals surface area contributed by atoms with Crippen LogP contribution in [-0.4, -0.2) is 6.54 Å². The maximum Gasteiger partial charge on any atom is 0.0446 e. The fourth-order valence-corrected chi connectivity index (χ4v) is 4.08. The number of benzene rings is 3. The molecule has 0 amide bonds. The van der Waals surface area contributed by atoms with Crippen LogP contribution in [0.4, 0.5) is 11.4 Å². The number of hydrogen-bond donors (Lipinski definition) is 0. The predicted octanol–water partition coefficient (Wildman–Crippen LogP) is 7.97. The second-order valence-corrected chi connectivity index (χ2v) is 7.76. The van der Waals surface area contributed by atoms with Crippen LogP contribution in [-0.2, 0) is 6.42 Å². The molecular formula is C29H29N. The Kier molecular flexibility index (Phi) is 6.29. The van der Waals surface area contributed by atoms with Gasteiger partial charge in [-0.3, -0.25) is 0 Å². The standard InChI is InChI=1S/C29H29N/c1-3-12-23(2)25-18-19-29-27(21-25)15-7-4-5-10-20-30(29)28-17-11-16-26(22-28)24-13-8-6-9-14-24/h3,5-6,8-14,16-19,21-22H,2,4,7,15,20H2,1H3. The summed E-state index contributed by atoms with van der Waals surface area (Å²) in [5, 5.41) is 0. The summed E-state index contributed by atoms with van der Waals surface area (Å²) >= 11 is 0. The number of fused-ring (bicyclic) bond motifs is 1. The molecule has 0 radical (unpaired) electrons. The van der Waals surface area contributed by atoms with Crippen molar-refractivity contribution < 1.29 is 0 Å². The van der Waals surface area contributed by atoms with Gasteiger partial charge in [0.1, 0.15) is 0 Å². The quantitative estimate of drug-likeness (QED) is 0.322. The number of anilines is 2. The molecule has 0 saturated heterocycles. The monoisotopic (exact) mass is 391 g/mol. The summed E-state index contributed by atoms with van der Waals surface area (Å²) in [4.78, 5) is 2.44. The lowest BCUT2D eigenvalue weighted by Gasteiger charge is -2.27. The first kappa shape index (κ1) is 20.0. The van der Waals surface area contributed by atoms with E-state index in [1.807, 2.05) is 6.92 Å². The Labute approximate surface area is 180 Å². The summed E-state index contributed by atoms with van der Waals surface area (Å²) in [6.07, 6.45) is 12.1. The first-order valence-corrected chi connectivity index (χ1v) is 10.8. The van der Waals surface area contributed by atoms with Crippen LogP contribution in [0, 0.1) is 0 Å². The molecule has 1 aliphatic rings. The molecule has 0 aromatic heterocycles. The smallest absolute Gasteiger partial charge is 0.0446 e. The van der Waals surface area contributed by atoms with Crippen molar-refractivity contribution in [2.75, 3.05) is 11.4 Å². The molecule has 30 heavy (non-hydrogen) atoms. The molecule has 1 heteroatoms. The van der Waals surface area contributed by atoms with Gasteiger partial charge in [0.15, 0.2) is 0 Å². The molecule has 150 valence electrons. The lowest BCUT2D eigenvalue weighted by Crippen LogP contribution is -2.18. The molecule has 3 aromatic carbocycles. The molecular weight excluding hydrogens is 362 g/mol. The number of nitrogens with zero attached hydrogens (tertiary/aromatic N) is 1. The Morgan fingerprint density at radius 1 is 0.900 bits per heavy atom. The van der Waals surface area contributed by atoms with Gasteiger partial charge in [0.05, 0.1) is 0 Å². The highest BCUT2D eigenvalue weighted by Crippen LogP contribution is 2.34. The van der Waals surface area contributed by atoms with Crippen molar-refractivity contribution in [3.05, 3.63) is 115 Å². The van der Waals surface area contributed by atoms with Gasteiger partial charge in [-0.1, -0.05) is 79.4 Å². The van der Waals surface area contributed by atoms with Crippen LogP contribution in [0.15, 0.2) is 104 Å². The van der Waals surface area contributed by atoms with Gasteiger partial charge in [-0.15, -0.1) is 0 Å². The molecule has 1 nitrogen and oxygen atoms in total. The van der Waals surface area contributed by atoms with Gasteiger partial charge in [0.2, 0.25) is 0 Å². The van der Waals surface area contributed by atoms with Crippen LogP contribution >= 0.6 is 0 Å². The normalized spacial score (nSPS) is 14.1. The zero-order chi connectivity index (χ0) is 20.8. The zero-order valence-corrected chi connectivity index (χ0v) is 17.7. The van der Waals surface area contributed by atoms with Crippen molar-refractivity contribution >= 4 is 16.9 Å². The van der Waals surface area contributed by atoms with E-state index < -0.39 is 0 Å². The van der Waals surface area contributed by atoms with E-state index in [1.165, 1.54) is 40.0 Å². The largest absolute Gasteiger partial charge is 0.337 e. The molecule has 3 aromatic rings. The van der Waals surface area contributed by atoms with Crippen molar-refractivity contribution in [3.8, 4) is 11.1 Å². The minimum Gasteiger partial charge on any atom is -0.337 e. The zero-order valence-electron chi connectivity index (χ0n) is 17.7. The highest BCUT2D eigenvalue weighted by molar-refractivity contribution is 5.78. The predicted molar refractivity (Wildman–Crippen MR) is 131 cm³/mol. The van der Waals surface area contributed by atoms with Crippen molar-refractivity contribution in [2.24, 2.45) is 0 Å². The van der Waals surface area contributed by atoms with Crippen LogP contribution in [0.5, 0.6) is 0 Å². The van der Waals surface area contributed by atoms with Gasteiger partial charge < -0.3 is 4.90 Å². The Hall–Kier alpha value is -3.32. The van der Waals surface area contributed by atoms with Crippen molar-refractivity contribution in [1.29, 1.82) is 0 Å². The van der Waals surface area contributed by atoms with Crippen LogP contribution in [0.25, 0.3) is 16.7 Å². The Balaban J connectivity index is 1.77. The molecule has 0 unspecified atom stereocenters. The van der Waals surface area contributed by atoms with Gasteiger partial charge >= 0.3 is 0 Å². The second-order valence-electron chi connectivity index (χ2n) is 7.76. The number of aryl methyl sites for hydroxylation is 1. The third-order valence-corrected chi connectivity index (χ3v) is 5.65. The SMILES string of the molecule is C=C(C=CC)c1ccc2c(c1)CCCC=CCN2c1cccc(-c2ccccc2)c1. The topological polar surface area (TPSA) is 3.24 Å². The third kappa shape index (κ3) is 4.46. The molecule has 0 spiro atoms. The minimum atomic E-state index is 0.875. The third-order valence-electron chi connectivity index (χ3n) is 5.65. The van der Waals surface area contributed by atoms with Gasteiger partial charge in [-0.05, 0) is 78.3 Å². The number of allylic oxidation sites excluding steroid dienone is 4. The van der Waals surface area contributed by atoms with E-state index in [0.29, 0.717) is 0 Å². The van der Waals surface area contributed by atoms with Gasteiger partial charge in [-0.25, -0.2) is 0 Å². The van der Waals surface area contributed by atoms with Crippen LogP contribution in [0.2, 0.25) is 0 Å². The fourth-order valence-electron chi connectivity index (χ4n) is 4.08. The molecule has 0 N–H and O–H groups in total. The summed E-state index contributed by atoms with van der Waals surface area (Å²) in [6, 6.07) is 26.3. The molecule has 1 heterocycles. The van der Waals surface area contributed by atoms with Gasteiger partial charge in [0, 0.05) is 17.9 Å². The molecule has 1 aliphatic heterocycles. The summed E-state index contributed by atoms with van der Waals surface area (Å²) in [5.74, 6) is 0. The molecule has 4 rings (SSSR count). The van der Waals surface area contributed by atoms with Crippen LogP contribution in [0.1, 0.15) is 30.9 Å². The number of rotatable bonds is 4. The summed E-state index contributed by atoms with van der Waals surface area (Å²) < 4.78 is 0. The Morgan fingerprint density at radius 2 is 1.73 bits per heavy atom. The molecule has 0 bridgehead atoms. The molecule has 0 atom stereocenters. The summed E-state index contributed by atoms with van der Waals surface area (Å²) in [7, 11) is 0. The highest BCUT2D eigenvalue weighted by atomic mass is 15.1. The van der Waals surface area contributed by atoms with Crippen molar-refractivity contribution in [2.45, 2.75) is 26.2 Å². The van der Waals surface area contributed by atoms with E-state index >= 15 is 0 Å². The Morgan fingerprint density at radius 3 is 2.57 bits per heavy atom. The molecule has 0 fully saturated rings. The average Bonchev–Trinajstić information content (AvgIpc) is 2.90. The van der Waals surface area contributed by atoms with Crippen LogP contribution < -0.4 is 4.90 Å². The van der Waals surface area contributed by atoms with E-state index in [9.17, 15) is 0 Å². The van der Waals surface area contributed by atoms with E-state index in [2.05, 4.69) is 109 Å². The second kappa shape index (κ2) is 9.45. The van der Waals surface area contributed by atoms with E-state index in [0.717, 1.165) is 25.0 Å². The maximum atomic E-state index is 4.23. The first-order valence-electron chi connectivity index (χ1n) is 10.8. The minimum absolute atomic E-state index is 0.875. The van der Waals surface area contributed by atoms with Crippen molar-refractivity contribution in [1.82, 2.24) is 0 Å². The molecule has 0 saturated carbocycles. The fraction of sp³-hybridized carbons (Fsp3) is 0.172. The summed E-state index contributed by atoms with van der Waals surface area (Å²) in [5.41, 5.74) is 8.68. The van der Waals surface area contributed by atoms with Gasteiger partial charge in [-0.2, -0.15) is 0 Å². The highest BCUT2D eigenvalue weighted by Gasteiger charge is 2.15. The molecule has 0 aliphatic carbocycles. The summed E-state index contributed by atoms with van der Waals surface area (Å²) in [6.45, 7) is 7.15. The lowest BCUT2D eigenvalue weighted by molar-refractivity contribution is 0.844. The van der Waals surface area contributed by atoms with E-state index in [4.69, 9.17) is 0 Å². The maximum absolute atomic E-state index is 4.23.